The molecule has 0 spiro atoms. The fourth-order valence-corrected chi connectivity index (χ4v) is 4.72. The molecular weight excluding hydrogens is 385 g/mol. The zero-order valence-electron chi connectivity index (χ0n) is 15.1. The van der Waals surface area contributed by atoms with Gasteiger partial charge in [-0.25, -0.2) is 4.98 Å². The number of aromatic nitrogens is 1. The summed E-state index contributed by atoms with van der Waals surface area (Å²) in [5.41, 5.74) is 0.823. The van der Waals surface area contributed by atoms with Crippen molar-refractivity contribution in [1.82, 2.24) is 9.88 Å². The van der Waals surface area contributed by atoms with Gasteiger partial charge in [-0.2, -0.15) is 13.2 Å². The molecule has 1 aliphatic rings. The van der Waals surface area contributed by atoms with Crippen LogP contribution in [0.25, 0.3) is 10.2 Å². The summed E-state index contributed by atoms with van der Waals surface area (Å²) in [5, 5.41) is 0.932. The first-order valence-corrected chi connectivity index (χ1v) is 10.0. The molecule has 7 heteroatoms. The Hall–Kier alpha value is -2.41. The van der Waals surface area contributed by atoms with Gasteiger partial charge in [0, 0.05) is 6.54 Å². The molecule has 1 atom stereocenters. The lowest BCUT2D eigenvalue weighted by Crippen LogP contribution is -2.39. The van der Waals surface area contributed by atoms with Gasteiger partial charge in [0.05, 0.1) is 28.2 Å². The summed E-state index contributed by atoms with van der Waals surface area (Å²) < 4.78 is 39.3. The molecule has 1 saturated heterocycles. The number of piperidine rings is 1. The number of benzene rings is 2. The number of fused-ring (bicyclic) bond motifs is 1. The SMILES string of the molecule is O=C(Cc1ccc(C(F)(F)F)cc1)N1CCCC[C@@H]1c1nc2ccccc2s1. The number of amides is 1. The first kappa shape index (κ1) is 18.9. The van der Waals surface area contributed by atoms with Crippen molar-refractivity contribution < 1.29 is 18.0 Å². The third kappa shape index (κ3) is 3.90. The van der Waals surface area contributed by atoms with E-state index in [0.717, 1.165) is 46.6 Å². The van der Waals surface area contributed by atoms with E-state index in [-0.39, 0.29) is 18.4 Å². The number of rotatable bonds is 3. The fourth-order valence-electron chi connectivity index (χ4n) is 3.61. The summed E-state index contributed by atoms with van der Waals surface area (Å²) in [6.07, 6.45) is -1.45. The molecule has 28 heavy (non-hydrogen) atoms. The van der Waals surface area contributed by atoms with Gasteiger partial charge >= 0.3 is 6.18 Å². The quantitative estimate of drug-likeness (QED) is 0.568. The molecule has 2 aromatic carbocycles. The molecule has 2 heterocycles. The normalized spacial score (nSPS) is 17.8. The van der Waals surface area contributed by atoms with Gasteiger partial charge in [-0.1, -0.05) is 24.3 Å². The Kier molecular flexibility index (Phi) is 5.10. The minimum absolute atomic E-state index is 0.0619. The second-order valence-electron chi connectivity index (χ2n) is 6.99. The van der Waals surface area contributed by atoms with E-state index < -0.39 is 11.7 Å². The zero-order chi connectivity index (χ0) is 19.7. The lowest BCUT2D eigenvalue weighted by molar-refractivity contribution is -0.137. The van der Waals surface area contributed by atoms with E-state index in [9.17, 15) is 18.0 Å². The van der Waals surface area contributed by atoms with Gasteiger partial charge in [0.1, 0.15) is 5.01 Å². The Balaban J connectivity index is 1.53. The number of hydrogen-bond donors (Lipinski definition) is 0. The maximum atomic E-state index is 12.9. The smallest absolute Gasteiger partial charge is 0.333 e. The van der Waals surface area contributed by atoms with Crippen LogP contribution in [-0.4, -0.2) is 22.3 Å². The van der Waals surface area contributed by atoms with Gasteiger partial charge in [-0.15, -0.1) is 11.3 Å². The largest absolute Gasteiger partial charge is 0.416 e. The van der Waals surface area contributed by atoms with E-state index in [1.165, 1.54) is 12.1 Å². The van der Waals surface area contributed by atoms with Gasteiger partial charge in [-0.3, -0.25) is 4.79 Å². The van der Waals surface area contributed by atoms with E-state index in [1.807, 2.05) is 29.2 Å². The highest BCUT2D eigenvalue weighted by Gasteiger charge is 2.32. The Morgan fingerprint density at radius 2 is 1.86 bits per heavy atom. The molecule has 4 rings (SSSR count). The molecule has 0 saturated carbocycles. The van der Waals surface area contributed by atoms with Crippen LogP contribution >= 0.6 is 11.3 Å². The maximum Gasteiger partial charge on any atom is 0.416 e. The molecule has 3 nitrogen and oxygen atoms in total. The van der Waals surface area contributed by atoms with Gasteiger partial charge in [0.2, 0.25) is 5.91 Å². The molecule has 146 valence electrons. The number of halogens is 3. The standard InChI is InChI=1S/C21H19F3N2OS/c22-21(23,24)15-10-8-14(9-11-15)13-19(27)26-12-4-3-6-17(26)20-25-16-5-1-2-7-18(16)28-20/h1-2,5,7-11,17H,3-4,6,12-13H2/t17-/m1/s1. The van der Waals surface area contributed by atoms with Crippen molar-refractivity contribution in [3.05, 3.63) is 64.7 Å². The molecule has 0 unspecified atom stereocenters. The van der Waals surface area contributed by atoms with Crippen LogP contribution in [-0.2, 0) is 17.4 Å². The Morgan fingerprint density at radius 3 is 2.57 bits per heavy atom. The van der Waals surface area contributed by atoms with Crippen LogP contribution in [0.4, 0.5) is 13.2 Å². The molecule has 0 N–H and O–H groups in total. The average Bonchev–Trinajstić information content (AvgIpc) is 3.12. The Morgan fingerprint density at radius 1 is 1.11 bits per heavy atom. The second kappa shape index (κ2) is 7.54. The van der Waals surface area contributed by atoms with E-state index in [4.69, 9.17) is 4.98 Å². The highest BCUT2D eigenvalue weighted by atomic mass is 32.1. The van der Waals surface area contributed by atoms with Gasteiger partial charge in [0.25, 0.3) is 0 Å². The predicted molar refractivity (Wildman–Crippen MR) is 103 cm³/mol. The van der Waals surface area contributed by atoms with E-state index >= 15 is 0 Å². The first-order chi connectivity index (χ1) is 13.4. The van der Waals surface area contributed by atoms with Crippen molar-refractivity contribution in [1.29, 1.82) is 0 Å². The van der Waals surface area contributed by atoms with Gasteiger partial charge < -0.3 is 4.90 Å². The topological polar surface area (TPSA) is 33.2 Å². The minimum atomic E-state index is -4.37. The summed E-state index contributed by atoms with van der Waals surface area (Å²) in [6, 6.07) is 12.7. The van der Waals surface area contributed by atoms with Crippen molar-refractivity contribution in [2.24, 2.45) is 0 Å². The number of nitrogens with zero attached hydrogens (tertiary/aromatic N) is 2. The molecule has 0 bridgehead atoms. The lowest BCUT2D eigenvalue weighted by Gasteiger charge is -2.34. The predicted octanol–water partition coefficient (Wildman–Crippen LogP) is 5.61. The summed E-state index contributed by atoms with van der Waals surface area (Å²) >= 11 is 1.61. The van der Waals surface area contributed by atoms with Crippen LogP contribution in [0, 0.1) is 0 Å². The number of hydrogen-bond acceptors (Lipinski definition) is 3. The van der Waals surface area contributed by atoms with Gasteiger partial charge in [0.15, 0.2) is 0 Å². The Labute approximate surface area is 164 Å². The number of carbonyl (C=O) groups is 1. The molecular formula is C21H19F3N2OS. The van der Waals surface area contributed by atoms with Crippen molar-refractivity contribution in [2.75, 3.05) is 6.54 Å². The molecule has 1 fully saturated rings. The van der Waals surface area contributed by atoms with E-state index in [2.05, 4.69) is 0 Å². The van der Waals surface area contributed by atoms with E-state index in [1.54, 1.807) is 11.3 Å². The Bertz CT molecular complexity index is 948. The maximum absolute atomic E-state index is 12.9. The highest BCUT2D eigenvalue weighted by Crippen LogP contribution is 2.36. The molecule has 0 radical (unpaired) electrons. The lowest BCUT2D eigenvalue weighted by atomic mass is 10.0. The van der Waals surface area contributed by atoms with Crippen LogP contribution in [0.2, 0.25) is 0 Å². The number of alkyl halides is 3. The summed E-state index contributed by atoms with van der Waals surface area (Å²) in [6.45, 7) is 0.653. The molecule has 1 amide bonds. The molecule has 1 aliphatic heterocycles. The third-order valence-electron chi connectivity index (χ3n) is 5.06. The number of thiazole rings is 1. The number of carbonyl (C=O) groups excluding carboxylic acids is 1. The van der Waals surface area contributed by atoms with Crippen LogP contribution in [0.5, 0.6) is 0 Å². The molecule has 1 aromatic heterocycles. The van der Waals surface area contributed by atoms with Crippen LogP contribution < -0.4 is 0 Å². The fraction of sp³-hybridized carbons (Fsp3) is 0.333. The average molecular weight is 404 g/mol. The summed E-state index contributed by atoms with van der Waals surface area (Å²) in [4.78, 5) is 19.5. The van der Waals surface area contributed by atoms with Crippen molar-refractivity contribution in [3.63, 3.8) is 0 Å². The van der Waals surface area contributed by atoms with Crippen molar-refractivity contribution in [2.45, 2.75) is 37.9 Å². The van der Waals surface area contributed by atoms with Crippen LogP contribution in [0.15, 0.2) is 48.5 Å². The van der Waals surface area contributed by atoms with Crippen LogP contribution in [0.1, 0.15) is 41.4 Å². The zero-order valence-corrected chi connectivity index (χ0v) is 15.9. The van der Waals surface area contributed by atoms with Crippen molar-refractivity contribution >= 4 is 27.5 Å². The first-order valence-electron chi connectivity index (χ1n) is 9.23. The second-order valence-corrected chi connectivity index (χ2v) is 8.05. The monoisotopic (exact) mass is 404 g/mol. The molecule has 0 aliphatic carbocycles. The number of likely N-dealkylation sites (tertiary alicyclic amines) is 1. The van der Waals surface area contributed by atoms with E-state index in [0.29, 0.717) is 12.1 Å². The summed E-state index contributed by atoms with van der Waals surface area (Å²) in [7, 11) is 0. The minimum Gasteiger partial charge on any atom is -0.333 e. The van der Waals surface area contributed by atoms with Gasteiger partial charge in [-0.05, 0) is 49.1 Å². The van der Waals surface area contributed by atoms with Crippen LogP contribution in [0.3, 0.4) is 0 Å². The van der Waals surface area contributed by atoms with Crippen molar-refractivity contribution in [3.8, 4) is 0 Å². The summed E-state index contributed by atoms with van der Waals surface area (Å²) in [5.74, 6) is -0.0660. The highest BCUT2D eigenvalue weighted by molar-refractivity contribution is 7.18. The molecule has 3 aromatic rings. The third-order valence-corrected chi connectivity index (χ3v) is 6.19. The number of para-hydroxylation sites is 1.